The van der Waals surface area contributed by atoms with Gasteiger partial charge in [-0.2, -0.15) is 8.78 Å². The Morgan fingerprint density at radius 1 is 1.17 bits per heavy atom. The summed E-state index contributed by atoms with van der Waals surface area (Å²) in [6.07, 6.45) is 0. The lowest BCUT2D eigenvalue weighted by molar-refractivity contribution is -0.186. The molecule has 1 N–H and O–H groups in total. The zero-order chi connectivity index (χ0) is 18.9. The van der Waals surface area contributed by atoms with Crippen LogP contribution < -0.4 is 4.72 Å². The van der Waals surface area contributed by atoms with Crippen molar-refractivity contribution in [2.45, 2.75) is 63.9 Å². The number of hydrogen-bond acceptors (Lipinski definition) is 3. The molecule has 24 heavy (non-hydrogen) atoms. The van der Waals surface area contributed by atoms with Gasteiger partial charge < -0.3 is 9.29 Å². The van der Waals surface area contributed by atoms with Crippen molar-refractivity contribution in [2.75, 3.05) is 7.11 Å². The van der Waals surface area contributed by atoms with Crippen LogP contribution in [0.4, 0.5) is 13.2 Å². The smallest absolute Gasteiger partial charge is 0.303 e. The van der Waals surface area contributed by atoms with Crippen LogP contribution in [-0.4, -0.2) is 22.0 Å². The minimum atomic E-state index is -3.52. The van der Waals surface area contributed by atoms with E-state index in [9.17, 15) is 17.7 Å². The fraction of sp³-hybridized carbons (Fsp3) is 0.647. The number of alkyl halides is 2. The molecule has 0 aromatic heterocycles. The van der Waals surface area contributed by atoms with Crippen molar-refractivity contribution in [3.63, 3.8) is 0 Å². The SMILES string of the molecule is COC(C)(C)C(F)(F)c1cccc(C(C)N[S@+]([O-])C(C)(C)C)c1F. The van der Waals surface area contributed by atoms with Gasteiger partial charge in [0.05, 0.1) is 11.6 Å². The molecule has 0 saturated heterocycles. The maximum atomic E-state index is 14.8. The van der Waals surface area contributed by atoms with Crippen LogP contribution in [0.3, 0.4) is 0 Å². The van der Waals surface area contributed by atoms with Crippen molar-refractivity contribution in [1.29, 1.82) is 0 Å². The van der Waals surface area contributed by atoms with Crippen molar-refractivity contribution in [3.8, 4) is 0 Å². The fourth-order valence-electron chi connectivity index (χ4n) is 1.98. The Balaban J connectivity index is 3.23. The Morgan fingerprint density at radius 3 is 2.17 bits per heavy atom. The maximum absolute atomic E-state index is 14.8. The van der Waals surface area contributed by atoms with E-state index in [2.05, 4.69) is 4.72 Å². The largest absolute Gasteiger partial charge is 0.598 e. The normalized spacial score (nSPS) is 16.1. The molecule has 0 aliphatic heterocycles. The second-order valence-corrected chi connectivity index (χ2v) is 9.22. The highest BCUT2D eigenvalue weighted by molar-refractivity contribution is 7.90. The van der Waals surface area contributed by atoms with Gasteiger partial charge in [-0.05, 0) is 47.6 Å². The van der Waals surface area contributed by atoms with Gasteiger partial charge in [-0.25, -0.2) is 4.39 Å². The molecular formula is C17H26F3NO2S. The first-order valence-electron chi connectivity index (χ1n) is 7.65. The van der Waals surface area contributed by atoms with E-state index in [1.165, 1.54) is 26.0 Å². The first kappa shape index (κ1) is 21.3. The number of benzene rings is 1. The van der Waals surface area contributed by atoms with Gasteiger partial charge in [-0.3, -0.25) is 0 Å². The quantitative estimate of drug-likeness (QED) is 0.757. The van der Waals surface area contributed by atoms with Gasteiger partial charge in [0.2, 0.25) is 0 Å². The van der Waals surface area contributed by atoms with E-state index in [0.29, 0.717) is 0 Å². The third-order valence-corrected chi connectivity index (χ3v) is 5.62. The summed E-state index contributed by atoms with van der Waals surface area (Å²) in [6, 6.07) is 3.14. The van der Waals surface area contributed by atoms with Gasteiger partial charge in [0.1, 0.15) is 16.2 Å². The lowest BCUT2D eigenvalue weighted by Crippen LogP contribution is -2.43. The van der Waals surface area contributed by atoms with E-state index in [1.54, 1.807) is 27.7 Å². The predicted octanol–water partition coefficient (Wildman–Crippen LogP) is 4.46. The predicted molar refractivity (Wildman–Crippen MR) is 90.8 cm³/mol. The number of nitrogens with one attached hydrogen (secondary N) is 1. The average molecular weight is 365 g/mol. The van der Waals surface area contributed by atoms with E-state index in [-0.39, 0.29) is 5.56 Å². The van der Waals surface area contributed by atoms with Gasteiger partial charge >= 0.3 is 5.92 Å². The van der Waals surface area contributed by atoms with E-state index >= 15 is 0 Å². The lowest BCUT2D eigenvalue weighted by atomic mass is 9.90. The summed E-state index contributed by atoms with van der Waals surface area (Å²) in [5.74, 6) is -4.54. The molecule has 1 aromatic carbocycles. The Hall–Kier alpha value is -0.760. The first-order chi connectivity index (χ1) is 10.8. The molecule has 7 heteroatoms. The minimum Gasteiger partial charge on any atom is -0.598 e. The molecule has 0 aliphatic carbocycles. The first-order valence-corrected chi connectivity index (χ1v) is 8.80. The molecule has 0 radical (unpaired) electrons. The number of halogens is 3. The average Bonchev–Trinajstić information content (AvgIpc) is 2.45. The molecule has 3 nitrogen and oxygen atoms in total. The summed E-state index contributed by atoms with van der Waals surface area (Å²) >= 11 is -1.45. The van der Waals surface area contributed by atoms with Crippen LogP contribution in [0, 0.1) is 5.82 Å². The summed E-state index contributed by atoms with van der Waals surface area (Å²) in [5, 5.41) is 0. The van der Waals surface area contributed by atoms with Crippen molar-refractivity contribution in [3.05, 3.63) is 35.1 Å². The molecule has 1 aromatic rings. The molecule has 0 aliphatic rings. The van der Waals surface area contributed by atoms with Crippen molar-refractivity contribution in [2.24, 2.45) is 0 Å². The van der Waals surface area contributed by atoms with Crippen LogP contribution in [0.25, 0.3) is 0 Å². The summed E-state index contributed by atoms with van der Waals surface area (Å²) in [5.41, 5.74) is -2.56. The van der Waals surface area contributed by atoms with Gasteiger partial charge in [-0.15, -0.1) is 4.72 Å². The van der Waals surface area contributed by atoms with Gasteiger partial charge in [-0.1, -0.05) is 12.1 Å². The van der Waals surface area contributed by atoms with Crippen molar-refractivity contribution in [1.82, 2.24) is 4.72 Å². The number of methoxy groups -OCH3 is 1. The highest BCUT2D eigenvalue weighted by atomic mass is 32.2. The molecule has 0 saturated carbocycles. The molecule has 0 spiro atoms. The van der Waals surface area contributed by atoms with Crippen molar-refractivity contribution >= 4 is 11.4 Å². The maximum Gasteiger partial charge on any atom is 0.303 e. The number of rotatable bonds is 6. The Labute approximate surface area is 145 Å². The second-order valence-electron chi connectivity index (χ2n) is 7.22. The minimum absolute atomic E-state index is 0.0386. The molecular weight excluding hydrogens is 339 g/mol. The highest BCUT2D eigenvalue weighted by Gasteiger charge is 2.50. The third kappa shape index (κ3) is 4.25. The highest BCUT2D eigenvalue weighted by Crippen LogP contribution is 2.42. The van der Waals surface area contributed by atoms with Crippen LogP contribution in [0.2, 0.25) is 0 Å². The van der Waals surface area contributed by atoms with E-state index in [0.717, 1.165) is 13.2 Å². The molecule has 0 fully saturated rings. The van der Waals surface area contributed by atoms with Gasteiger partial charge in [0.15, 0.2) is 0 Å². The topological polar surface area (TPSA) is 44.3 Å². The zero-order valence-electron chi connectivity index (χ0n) is 15.2. The van der Waals surface area contributed by atoms with E-state index in [4.69, 9.17) is 4.74 Å². The Kier molecular flexibility index (Phi) is 6.42. The molecule has 0 bridgehead atoms. The molecule has 2 atom stereocenters. The summed E-state index contributed by atoms with van der Waals surface area (Å²) in [6.45, 7) is 9.30. The monoisotopic (exact) mass is 365 g/mol. The summed E-state index contributed by atoms with van der Waals surface area (Å²) in [7, 11) is 1.16. The zero-order valence-corrected chi connectivity index (χ0v) is 16.0. The van der Waals surface area contributed by atoms with E-state index < -0.39 is 45.1 Å². The lowest BCUT2D eigenvalue weighted by Gasteiger charge is -2.33. The van der Waals surface area contributed by atoms with E-state index in [1.807, 2.05) is 0 Å². The fourth-order valence-corrected chi connectivity index (χ4v) is 2.78. The summed E-state index contributed by atoms with van der Waals surface area (Å²) < 4.78 is 63.3. The van der Waals surface area contributed by atoms with Crippen LogP contribution in [0.5, 0.6) is 0 Å². The van der Waals surface area contributed by atoms with Gasteiger partial charge in [0.25, 0.3) is 0 Å². The van der Waals surface area contributed by atoms with Crippen LogP contribution >= 0.6 is 0 Å². The number of ether oxygens (including phenoxy) is 1. The molecule has 0 heterocycles. The van der Waals surface area contributed by atoms with Crippen LogP contribution in [0.15, 0.2) is 18.2 Å². The van der Waals surface area contributed by atoms with Crippen LogP contribution in [-0.2, 0) is 22.0 Å². The summed E-state index contributed by atoms with van der Waals surface area (Å²) in [4.78, 5) is 0. The van der Waals surface area contributed by atoms with Gasteiger partial charge in [0, 0.05) is 24.0 Å². The molecule has 138 valence electrons. The molecule has 0 amide bonds. The number of hydrogen-bond donors (Lipinski definition) is 1. The standard InChI is InChI=1S/C17H26F3NO2S/c1-11(21-24(22)15(2,3)4)12-9-8-10-13(14(12)18)17(19,20)16(5,6)23-7/h8-11,21H,1-7H3/t11?,24-/m1/s1. The Bertz CT molecular complexity index is 573. The van der Waals surface area contributed by atoms with Crippen molar-refractivity contribution < 1.29 is 22.5 Å². The second kappa shape index (κ2) is 7.23. The Morgan fingerprint density at radius 2 is 1.71 bits per heavy atom. The van der Waals surface area contributed by atoms with Crippen LogP contribution in [0.1, 0.15) is 58.7 Å². The molecule has 1 rings (SSSR count). The molecule has 1 unspecified atom stereocenters. The third-order valence-electron chi connectivity index (χ3n) is 3.94.